The zero-order chi connectivity index (χ0) is 18.6. The molecule has 0 aliphatic rings. The van der Waals surface area contributed by atoms with Gasteiger partial charge < -0.3 is 10.6 Å². The summed E-state index contributed by atoms with van der Waals surface area (Å²) in [6.45, 7) is 2.08. The van der Waals surface area contributed by atoms with Crippen LogP contribution in [0.1, 0.15) is 17.8 Å². The van der Waals surface area contributed by atoms with Crippen LogP contribution >= 0.6 is 22.9 Å². The van der Waals surface area contributed by atoms with Crippen molar-refractivity contribution in [2.45, 2.75) is 17.9 Å². The molecule has 0 bridgehead atoms. The molecule has 0 aliphatic carbocycles. The number of halogens is 1. The molecule has 136 valence electrons. The van der Waals surface area contributed by atoms with Crippen molar-refractivity contribution >= 4 is 44.6 Å². The van der Waals surface area contributed by atoms with E-state index in [9.17, 15) is 13.2 Å². The Hall–Kier alpha value is -1.45. The Morgan fingerprint density at radius 2 is 2.04 bits per heavy atom. The van der Waals surface area contributed by atoms with Crippen LogP contribution in [0.25, 0.3) is 0 Å². The molecule has 1 aromatic carbocycles. The highest BCUT2D eigenvalue weighted by Crippen LogP contribution is 2.26. The molecule has 0 aliphatic heterocycles. The van der Waals surface area contributed by atoms with Gasteiger partial charge in [-0.05, 0) is 36.6 Å². The summed E-state index contributed by atoms with van der Waals surface area (Å²) in [6.07, 6.45) is 0. The number of anilines is 1. The van der Waals surface area contributed by atoms with Crippen molar-refractivity contribution in [3.8, 4) is 0 Å². The van der Waals surface area contributed by atoms with Crippen LogP contribution < -0.4 is 10.6 Å². The minimum Gasteiger partial charge on any atom is -0.325 e. The van der Waals surface area contributed by atoms with Crippen molar-refractivity contribution in [2.24, 2.45) is 0 Å². The van der Waals surface area contributed by atoms with E-state index in [-0.39, 0.29) is 28.4 Å². The normalized spacial score (nSPS) is 13.0. The number of benzene rings is 1. The molecule has 9 heteroatoms. The first kappa shape index (κ1) is 19.9. The van der Waals surface area contributed by atoms with E-state index in [1.807, 2.05) is 24.4 Å². The molecule has 2 rings (SSSR count). The average molecular weight is 402 g/mol. The molecule has 0 fully saturated rings. The third kappa shape index (κ3) is 5.02. The predicted molar refractivity (Wildman–Crippen MR) is 102 cm³/mol. The van der Waals surface area contributed by atoms with Crippen LogP contribution in [0.3, 0.4) is 0 Å². The van der Waals surface area contributed by atoms with Crippen molar-refractivity contribution in [1.29, 1.82) is 0 Å². The molecule has 2 aromatic rings. The van der Waals surface area contributed by atoms with E-state index in [1.54, 1.807) is 17.4 Å². The van der Waals surface area contributed by atoms with E-state index in [4.69, 9.17) is 11.6 Å². The van der Waals surface area contributed by atoms with Gasteiger partial charge in [-0.2, -0.15) is 0 Å². The topological polar surface area (TPSA) is 78.5 Å². The van der Waals surface area contributed by atoms with Gasteiger partial charge in [0.2, 0.25) is 15.9 Å². The number of rotatable bonds is 7. The van der Waals surface area contributed by atoms with Gasteiger partial charge in [-0.3, -0.25) is 4.79 Å². The summed E-state index contributed by atoms with van der Waals surface area (Å²) in [4.78, 5) is 13.2. The van der Waals surface area contributed by atoms with Gasteiger partial charge in [0.15, 0.2) is 0 Å². The van der Waals surface area contributed by atoms with E-state index in [0.717, 1.165) is 9.18 Å². The van der Waals surface area contributed by atoms with Crippen LogP contribution in [-0.2, 0) is 14.8 Å². The fourth-order valence-electron chi connectivity index (χ4n) is 2.06. The first-order chi connectivity index (χ1) is 11.7. The SMILES string of the molecule is CC(NCC(=O)Nc1ccc(Cl)c(S(=O)(=O)N(C)C)c1)c1cccs1. The summed E-state index contributed by atoms with van der Waals surface area (Å²) >= 11 is 7.61. The Balaban J connectivity index is 2.04. The molecular formula is C16H20ClN3O3S2. The molecule has 6 nitrogen and oxygen atoms in total. The van der Waals surface area contributed by atoms with Gasteiger partial charge in [-0.1, -0.05) is 17.7 Å². The minimum absolute atomic E-state index is 0.0446. The van der Waals surface area contributed by atoms with Crippen molar-refractivity contribution in [3.05, 3.63) is 45.6 Å². The lowest BCUT2D eigenvalue weighted by molar-refractivity contribution is -0.115. The van der Waals surface area contributed by atoms with Gasteiger partial charge in [-0.15, -0.1) is 11.3 Å². The number of carbonyl (C=O) groups excluding carboxylic acids is 1. The molecule has 1 amide bonds. The number of carbonyl (C=O) groups is 1. The Labute approximate surface area is 156 Å². The average Bonchev–Trinajstić information content (AvgIpc) is 3.08. The summed E-state index contributed by atoms with van der Waals surface area (Å²) in [5.74, 6) is -0.265. The van der Waals surface area contributed by atoms with Crippen molar-refractivity contribution < 1.29 is 13.2 Å². The second-order valence-corrected chi connectivity index (χ2v) is 9.11. The van der Waals surface area contributed by atoms with Gasteiger partial charge in [0, 0.05) is 30.7 Å². The summed E-state index contributed by atoms with van der Waals surface area (Å²) in [5.41, 5.74) is 0.375. The Morgan fingerprint density at radius 3 is 2.64 bits per heavy atom. The summed E-state index contributed by atoms with van der Waals surface area (Å²) in [7, 11) is -0.839. The number of amides is 1. The first-order valence-corrected chi connectivity index (χ1v) is 10.2. The van der Waals surface area contributed by atoms with Gasteiger partial charge >= 0.3 is 0 Å². The molecule has 1 unspecified atom stereocenters. The van der Waals surface area contributed by atoms with E-state index in [2.05, 4.69) is 10.6 Å². The number of thiophene rings is 1. The Kier molecular flexibility index (Phi) is 6.59. The standard InChI is InChI=1S/C16H20ClN3O3S2/c1-11(14-5-4-8-24-14)18-10-16(21)19-12-6-7-13(17)15(9-12)25(22,23)20(2)3/h4-9,11,18H,10H2,1-3H3,(H,19,21). The van der Waals surface area contributed by atoms with Gasteiger partial charge in [0.25, 0.3) is 0 Å². The molecule has 1 heterocycles. The maximum absolute atomic E-state index is 12.3. The quantitative estimate of drug-likeness (QED) is 0.747. The summed E-state index contributed by atoms with van der Waals surface area (Å²) < 4.78 is 25.6. The maximum atomic E-state index is 12.3. The van der Waals surface area contributed by atoms with Crippen molar-refractivity contribution in [2.75, 3.05) is 26.0 Å². The number of hydrogen-bond donors (Lipinski definition) is 2. The summed E-state index contributed by atoms with van der Waals surface area (Å²) in [6, 6.07) is 8.39. The molecule has 0 radical (unpaired) electrons. The highest BCUT2D eigenvalue weighted by atomic mass is 35.5. The number of nitrogens with zero attached hydrogens (tertiary/aromatic N) is 1. The monoisotopic (exact) mass is 401 g/mol. The van der Waals surface area contributed by atoms with E-state index in [0.29, 0.717) is 5.69 Å². The van der Waals surface area contributed by atoms with Gasteiger partial charge in [0.1, 0.15) is 4.90 Å². The van der Waals surface area contributed by atoms with Crippen LogP contribution in [0.2, 0.25) is 5.02 Å². The van der Waals surface area contributed by atoms with Crippen LogP contribution in [0.4, 0.5) is 5.69 Å². The predicted octanol–water partition coefficient (Wildman–Crippen LogP) is 2.94. The van der Waals surface area contributed by atoms with E-state index in [1.165, 1.54) is 26.2 Å². The Morgan fingerprint density at radius 1 is 1.32 bits per heavy atom. The minimum atomic E-state index is -3.69. The molecule has 2 N–H and O–H groups in total. The summed E-state index contributed by atoms with van der Waals surface area (Å²) in [5, 5.41) is 7.89. The van der Waals surface area contributed by atoms with Crippen molar-refractivity contribution in [1.82, 2.24) is 9.62 Å². The second kappa shape index (κ2) is 8.29. The molecule has 1 aromatic heterocycles. The molecule has 0 saturated carbocycles. The fourth-order valence-corrected chi connectivity index (χ4v) is 4.22. The number of hydrogen-bond acceptors (Lipinski definition) is 5. The highest BCUT2D eigenvalue weighted by Gasteiger charge is 2.21. The highest BCUT2D eigenvalue weighted by molar-refractivity contribution is 7.89. The number of nitrogens with one attached hydrogen (secondary N) is 2. The van der Waals surface area contributed by atoms with Crippen molar-refractivity contribution in [3.63, 3.8) is 0 Å². The van der Waals surface area contributed by atoms with Crippen LogP contribution in [0.5, 0.6) is 0 Å². The molecule has 25 heavy (non-hydrogen) atoms. The van der Waals surface area contributed by atoms with Crippen LogP contribution in [-0.4, -0.2) is 39.3 Å². The van der Waals surface area contributed by atoms with E-state index < -0.39 is 10.0 Å². The third-order valence-corrected chi connectivity index (χ3v) is 6.86. The molecular weight excluding hydrogens is 382 g/mol. The Bertz CT molecular complexity index is 836. The zero-order valence-electron chi connectivity index (χ0n) is 14.1. The first-order valence-electron chi connectivity index (χ1n) is 7.50. The zero-order valence-corrected chi connectivity index (χ0v) is 16.5. The largest absolute Gasteiger partial charge is 0.325 e. The maximum Gasteiger partial charge on any atom is 0.244 e. The lowest BCUT2D eigenvalue weighted by Gasteiger charge is -2.15. The number of sulfonamides is 1. The van der Waals surface area contributed by atoms with E-state index >= 15 is 0 Å². The van der Waals surface area contributed by atoms with Crippen LogP contribution in [0.15, 0.2) is 40.6 Å². The molecule has 1 atom stereocenters. The molecule has 0 spiro atoms. The molecule has 0 saturated heterocycles. The van der Waals surface area contributed by atoms with Gasteiger partial charge in [-0.25, -0.2) is 12.7 Å². The van der Waals surface area contributed by atoms with Crippen LogP contribution in [0, 0.1) is 0 Å². The van der Waals surface area contributed by atoms with Gasteiger partial charge in [0.05, 0.1) is 11.6 Å². The third-order valence-electron chi connectivity index (χ3n) is 3.51. The smallest absolute Gasteiger partial charge is 0.244 e. The second-order valence-electron chi connectivity index (χ2n) is 5.60. The lowest BCUT2D eigenvalue weighted by Crippen LogP contribution is -2.30. The fraction of sp³-hybridized carbons (Fsp3) is 0.312. The lowest BCUT2D eigenvalue weighted by atomic mass is 10.2.